The number of pyridine rings is 2. The Kier molecular flexibility index (Phi) is 12.1. The van der Waals surface area contributed by atoms with E-state index in [-0.39, 0.29) is 66.4 Å². The van der Waals surface area contributed by atoms with Gasteiger partial charge in [-0.3, -0.25) is 19.6 Å². The van der Waals surface area contributed by atoms with Crippen LogP contribution in [0.5, 0.6) is 34.5 Å². The lowest BCUT2D eigenvalue weighted by atomic mass is 10.1. The third-order valence-electron chi connectivity index (χ3n) is 6.96. The number of carbonyl (C=O) groups excluding carboxylic acids is 2. The van der Waals surface area contributed by atoms with Crippen LogP contribution in [0.3, 0.4) is 0 Å². The van der Waals surface area contributed by atoms with Crippen molar-refractivity contribution in [2.24, 2.45) is 0 Å². The number of aromatic hydroxyl groups is 4. The summed E-state index contributed by atoms with van der Waals surface area (Å²) in [5.41, 5.74) is 2.83. The van der Waals surface area contributed by atoms with E-state index in [0.717, 1.165) is 0 Å². The molecule has 2 aromatic carbocycles. The normalized spacial score (nSPS) is 10.4. The van der Waals surface area contributed by atoms with E-state index in [1.165, 1.54) is 56.9 Å². The first-order chi connectivity index (χ1) is 22.0. The molecule has 0 unspecified atom stereocenters. The van der Waals surface area contributed by atoms with Gasteiger partial charge in [-0.25, -0.2) is 0 Å². The zero-order valence-electron chi connectivity index (χ0n) is 25.7. The Morgan fingerprint density at radius 1 is 0.717 bits per heavy atom. The van der Waals surface area contributed by atoms with E-state index in [1.807, 2.05) is 0 Å². The highest BCUT2D eigenvalue weighted by molar-refractivity contribution is 5.97. The molecule has 0 fully saturated rings. The van der Waals surface area contributed by atoms with Gasteiger partial charge in [0.15, 0.2) is 23.0 Å². The predicted octanol–water partition coefficient (Wildman–Crippen LogP) is 2.46. The fourth-order valence-electron chi connectivity index (χ4n) is 4.26. The van der Waals surface area contributed by atoms with Gasteiger partial charge in [-0.1, -0.05) is 6.07 Å². The van der Waals surface area contributed by atoms with Gasteiger partial charge in [0, 0.05) is 53.3 Å². The van der Waals surface area contributed by atoms with E-state index in [4.69, 9.17) is 9.47 Å². The van der Waals surface area contributed by atoms with Gasteiger partial charge in [0.2, 0.25) is 0 Å². The molecule has 14 nitrogen and oxygen atoms in total. The summed E-state index contributed by atoms with van der Waals surface area (Å²) in [7, 11) is 2.78. The lowest BCUT2D eigenvalue weighted by Gasteiger charge is -2.13. The topological polar surface area (TPSA) is 224 Å². The highest BCUT2D eigenvalue weighted by atomic mass is 16.5. The van der Waals surface area contributed by atoms with Crippen LogP contribution in [-0.2, 0) is 26.3 Å². The maximum absolute atomic E-state index is 12.2. The second kappa shape index (κ2) is 15.9. The van der Waals surface area contributed by atoms with Crippen molar-refractivity contribution in [3.05, 3.63) is 93.6 Å². The fraction of sp³-hybridized carbons (Fsp3) is 0.250. The lowest BCUT2D eigenvalue weighted by molar-refractivity contribution is 0.0940. The first-order valence-corrected chi connectivity index (χ1v) is 13.8. The summed E-state index contributed by atoms with van der Waals surface area (Å²) in [4.78, 5) is 32.3. The van der Waals surface area contributed by atoms with E-state index in [9.17, 15) is 40.2 Å². The summed E-state index contributed by atoms with van der Waals surface area (Å²) >= 11 is 0. The van der Waals surface area contributed by atoms with Crippen molar-refractivity contribution in [3.63, 3.8) is 0 Å². The number of amides is 2. The molecule has 4 rings (SSSR count). The molecule has 0 saturated carbocycles. The number of hydrogen-bond acceptors (Lipinski definition) is 12. The Morgan fingerprint density at radius 2 is 1.24 bits per heavy atom. The molecule has 2 heterocycles. The third kappa shape index (κ3) is 8.11. The molecule has 0 radical (unpaired) electrons. The molecule has 0 atom stereocenters. The van der Waals surface area contributed by atoms with Crippen molar-refractivity contribution < 1.29 is 49.7 Å². The Hall–Kier alpha value is -5.60. The van der Waals surface area contributed by atoms with Gasteiger partial charge in [0.1, 0.15) is 11.5 Å². The molecule has 2 aromatic heterocycles. The number of hydrogen-bond donors (Lipinski definition) is 8. The molecule has 8 N–H and O–H groups in total. The number of methoxy groups -OCH3 is 2. The van der Waals surface area contributed by atoms with Crippen molar-refractivity contribution in [3.8, 4) is 34.5 Å². The van der Waals surface area contributed by atoms with Crippen LogP contribution in [0.1, 0.15) is 54.4 Å². The molecule has 0 saturated heterocycles. The fourth-order valence-corrected chi connectivity index (χ4v) is 4.26. The van der Waals surface area contributed by atoms with Gasteiger partial charge in [-0.2, -0.15) is 0 Å². The molecule has 0 bridgehead atoms. The number of carbonyl (C=O) groups is 2. The molecular weight excluding hydrogens is 600 g/mol. The quantitative estimate of drug-likeness (QED) is 0.126. The number of ether oxygens (including phenoxy) is 2. The van der Waals surface area contributed by atoms with E-state index < -0.39 is 11.8 Å². The number of rotatable bonds is 10. The van der Waals surface area contributed by atoms with Gasteiger partial charge in [0.25, 0.3) is 11.8 Å². The number of nitrogens with one attached hydrogen (secondary N) is 2. The molecule has 0 aliphatic carbocycles. The van der Waals surface area contributed by atoms with Crippen LogP contribution in [0.4, 0.5) is 0 Å². The highest BCUT2D eigenvalue weighted by Gasteiger charge is 2.18. The van der Waals surface area contributed by atoms with Crippen molar-refractivity contribution in [2.75, 3.05) is 14.2 Å². The monoisotopic (exact) mass is 636 g/mol. The van der Waals surface area contributed by atoms with Gasteiger partial charge < -0.3 is 50.7 Å². The van der Waals surface area contributed by atoms with Crippen LogP contribution in [0, 0.1) is 13.8 Å². The molecular formula is C32H36N4O10. The molecule has 14 heteroatoms. The summed E-state index contributed by atoms with van der Waals surface area (Å²) in [5, 5.41) is 63.4. The minimum atomic E-state index is -0.529. The van der Waals surface area contributed by atoms with Crippen molar-refractivity contribution in [1.82, 2.24) is 20.6 Å². The van der Waals surface area contributed by atoms with E-state index in [2.05, 4.69) is 20.6 Å². The number of phenolic OH excluding ortho intramolecular Hbond substituents is 2. The number of para-hydroxylation sites is 1. The Morgan fingerprint density at radius 3 is 1.74 bits per heavy atom. The zero-order chi connectivity index (χ0) is 34.0. The zero-order valence-corrected chi connectivity index (χ0v) is 25.7. The number of aryl methyl sites for hydroxylation is 2. The average molecular weight is 637 g/mol. The molecule has 2 amide bonds. The van der Waals surface area contributed by atoms with Crippen molar-refractivity contribution >= 4 is 11.8 Å². The number of aromatic nitrogens is 2. The second-order valence-corrected chi connectivity index (χ2v) is 9.82. The van der Waals surface area contributed by atoms with Gasteiger partial charge >= 0.3 is 0 Å². The second-order valence-electron chi connectivity index (χ2n) is 9.82. The molecule has 0 aliphatic heterocycles. The summed E-state index contributed by atoms with van der Waals surface area (Å²) in [5.74, 6) is -1.00. The average Bonchev–Trinajstić information content (AvgIpc) is 3.06. The smallest absolute Gasteiger partial charge is 0.255 e. The first-order valence-electron chi connectivity index (χ1n) is 13.8. The van der Waals surface area contributed by atoms with Gasteiger partial charge in [0.05, 0.1) is 44.4 Å². The van der Waals surface area contributed by atoms with Crippen molar-refractivity contribution in [2.45, 2.75) is 40.2 Å². The van der Waals surface area contributed by atoms with Crippen LogP contribution in [-0.4, -0.2) is 66.6 Å². The Bertz CT molecular complexity index is 1710. The molecule has 0 spiro atoms. The maximum atomic E-state index is 12.2. The molecule has 0 aliphatic rings. The van der Waals surface area contributed by atoms with Gasteiger partial charge in [-0.05, 0) is 44.2 Å². The SMILES string of the molecule is COc1cc(C(=O)NCc2c(CO)cnc(C)c2O)ccc1O.COc1cccc(C(=O)NCc2c(CO)cnc(C)c2O)c1O. The Labute approximate surface area is 264 Å². The van der Waals surface area contributed by atoms with E-state index >= 15 is 0 Å². The maximum Gasteiger partial charge on any atom is 0.255 e. The summed E-state index contributed by atoms with van der Waals surface area (Å²) < 4.78 is 9.92. The van der Waals surface area contributed by atoms with E-state index in [0.29, 0.717) is 39.2 Å². The van der Waals surface area contributed by atoms with Crippen LogP contribution in [0.2, 0.25) is 0 Å². The van der Waals surface area contributed by atoms with Gasteiger partial charge in [-0.15, -0.1) is 0 Å². The largest absolute Gasteiger partial charge is 0.506 e. The summed E-state index contributed by atoms with van der Waals surface area (Å²) in [6.07, 6.45) is 2.90. The molecule has 244 valence electrons. The third-order valence-corrected chi connectivity index (χ3v) is 6.96. The number of aliphatic hydroxyl groups excluding tert-OH is 2. The number of nitrogens with zero attached hydrogens (tertiary/aromatic N) is 2. The summed E-state index contributed by atoms with van der Waals surface area (Å²) in [6.45, 7) is 2.67. The van der Waals surface area contributed by atoms with Crippen molar-refractivity contribution in [1.29, 1.82) is 0 Å². The first kappa shape index (κ1) is 34.9. The Balaban J connectivity index is 0.000000250. The molecule has 46 heavy (non-hydrogen) atoms. The summed E-state index contributed by atoms with van der Waals surface area (Å²) in [6, 6.07) is 8.81. The number of benzene rings is 2. The standard InChI is InChI=1S/2C16H18N2O5/c1-9-15(21)12(11(8-19)6-17-9)7-18-16(22)10-3-4-13(20)14(5-10)23-2;1-9-14(20)12(10(8-19)6-17-9)7-18-16(22)11-4-3-5-13(23-2)15(11)21/h2*3-6,19-21H,7-8H2,1-2H3,(H,18,22). The predicted molar refractivity (Wildman–Crippen MR) is 165 cm³/mol. The minimum Gasteiger partial charge on any atom is -0.506 e. The number of phenols is 2. The lowest BCUT2D eigenvalue weighted by Crippen LogP contribution is -2.24. The number of aliphatic hydroxyl groups is 2. The van der Waals surface area contributed by atoms with Crippen LogP contribution in [0.15, 0.2) is 48.8 Å². The minimum absolute atomic E-state index is 0.0133. The van der Waals surface area contributed by atoms with Crippen LogP contribution >= 0.6 is 0 Å². The van der Waals surface area contributed by atoms with Crippen LogP contribution in [0.25, 0.3) is 0 Å². The molecule has 4 aromatic rings. The highest BCUT2D eigenvalue weighted by Crippen LogP contribution is 2.30. The van der Waals surface area contributed by atoms with Crippen LogP contribution < -0.4 is 20.1 Å². The van der Waals surface area contributed by atoms with E-state index in [1.54, 1.807) is 19.9 Å².